The second kappa shape index (κ2) is 4.12. The van der Waals surface area contributed by atoms with Gasteiger partial charge in [-0.3, -0.25) is 0 Å². The zero-order valence-corrected chi connectivity index (χ0v) is 12.5. The molecule has 0 amide bonds. The van der Waals surface area contributed by atoms with E-state index in [4.69, 9.17) is 18.9 Å². The first kappa shape index (κ1) is 13.4. The van der Waals surface area contributed by atoms with E-state index in [9.17, 15) is 5.11 Å². The lowest BCUT2D eigenvalue weighted by molar-refractivity contribution is -0.320. The third-order valence-electron chi connectivity index (χ3n) is 5.06. The predicted molar refractivity (Wildman–Crippen MR) is 73.9 cm³/mol. The fraction of sp³-hybridized carbons (Fsp3) is 0.625. The largest absolute Gasteiger partial charge is 0.504 e. The molecule has 0 aromatic heterocycles. The first-order valence-electron chi connectivity index (χ1n) is 7.33. The van der Waals surface area contributed by atoms with E-state index in [1.165, 1.54) is 0 Å². The van der Waals surface area contributed by atoms with Crippen LogP contribution in [-0.2, 0) is 14.2 Å². The van der Waals surface area contributed by atoms with Crippen LogP contribution in [-0.4, -0.2) is 30.4 Å². The molecule has 5 atom stereocenters. The van der Waals surface area contributed by atoms with Crippen molar-refractivity contribution in [2.24, 2.45) is 11.8 Å². The number of fused-ring (bicyclic) bond motifs is 1. The highest BCUT2D eigenvalue weighted by Crippen LogP contribution is 2.60. The van der Waals surface area contributed by atoms with Gasteiger partial charge in [0.25, 0.3) is 0 Å². The van der Waals surface area contributed by atoms with Crippen molar-refractivity contribution in [3.63, 3.8) is 0 Å². The molecule has 4 rings (SSSR count). The van der Waals surface area contributed by atoms with Crippen molar-refractivity contribution in [1.29, 1.82) is 0 Å². The van der Waals surface area contributed by atoms with Gasteiger partial charge in [-0.2, -0.15) is 0 Å². The van der Waals surface area contributed by atoms with E-state index < -0.39 is 11.6 Å². The second-order valence-electron chi connectivity index (χ2n) is 6.51. The van der Waals surface area contributed by atoms with Crippen LogP contribution in [0.1, 0.15) is 31.9 Å². The maximum atomic E-state index is 9.74. The summed E-state index contributed by atoms with van der Waals surface area (Å²) in [5.74, 6) is 0.0928. The minimum absolute atomic E-state index is 0.0978. The van der Waals surface area contributed by atoms with Crippen molar-refractivity contribution < 1.29 is 24.1 Å². The Morgan fingerprint density at radius 1 is 1.33 bits per heavy atom. The van der Waals surface area contributed by atoms with Gasteiger partial charge in [0.15, 0.2) is 23.1 Å². The lowest BCUT2D eigenvalue weighted by Gasteiger charge is -2.35. The smallest absolute Gasteiger partial charge is 0.173 e. The van der Waals surface area contributed by atoms with Gasteiger partial charge in [-0.05, 0) is 31.5 Å². The van der Waals surface area contributed by atoms with Gasteiger partial charge in [0.05, 0.1) is 19.8 Å². The molecule has 1 aromatic carbocycles. The number of methoxy groups -OCH3 is 1. The summed E-state index contributed by atoms with van der Waals surface area (Å²) in [5, 5.41) is 9.74. The highest BCUT2D eigenvalue weighted by molar-refractivity contribution is 5.43. The lowest BCUT2D eigenvalue weighted by atomic mass is 9.80. The molecule has 21 heavy (non-hydrogen) atoms. The van der Waals surface area contributed by atoms with Crippen LogP contribution in [0.4, 0.5) is 0 Å². The van der Waals surface area contributed by atoms with E-state index in [2.05, 4.69) is 0 Å². The number of rotatable bonds is 2. The Labute approximate surface area is 123 Å². The van der Waals surface area contributed by atoms with Crippen molar-refractivity contribution >= 4 is 0 Å². The molecule has 3 heterocycles. The number of hydrogen-bond acceptors (Lipinski definition) is 5. The summed E-state index contributed by atoms with van der Waals surface area (Å²) in [6, 6.07) is 5.35. The molecule has 0 spiro atoms. The van der Waals surface area contributed by atoms with Crippen molar-refractivity contribution in [2.75, 3.05) is 13.7 Å². The summed E-state index contributed by atoms with van der Waals surface area (Å²) < 4.78 is 23.4. The van der Waals surface area contributed by atoms with Crippen LogP contribution < -0.4 is 4.74 Å². The van der Waals surface area contributed by atoms with E-state index in [-0.39, 0.29) is 17.8 Å². The normalized spacial score (nSPS) is 44.0. The minimum Gasteiger partial charge on any atom is -0.504 e. The Kier molecular flexibility index (Phi) is 2.62. The number of phenolic OH excluding ortho intramolecular Hbond substituents is 1. The number of phenols is 1. The van der Waals surface area contributed by atoms with E-state index in [0.29, 0.717) is 18.3 Å². The molecule has 2 unspecified atom stereocenters. The SMILES string of the molecule is COc1cc([C@H]2O[C@]3(C)O[C@]4(C)CC3C2CO4)ccc1O. The van der Waals surface area contributed by atoms with Crippen LogP contribution in [0.3, 0.4) is 0 Å². The molecule has 0 radical (unpaired) electrons. The van der Waals surface area contributed by atoms with Crippen molar-refractivity contribution in [3.8, 4) is 11.5 Å². The fourth-order valence-corrected chi connectivity index (χ4v) is 4.08. The zero-order chi connectivity index (χ0) is 14.8. The Hall–Kier alpha value is -1.30. The summed E-state index contributed by atoms with van der Waals surface area (Å²) in [4.78, 5) is 0. The molecular formula is C16H20O5. The number of aromatic hydroxyl groups is 1. The predicted octanol–water partition coefficient (Wildman–Crippen LogP) is 2.59. The summed E-state index contributed by atoms with van der Waals surface area (Å²) in [7, 11) is 1.54. The lowest BCUT2D eigenvalue weighted by Crippen LogP contribution is -2.38. The van der Waals surface area contributed by atoms with E-state index in [1.54, 1.807) is 13.2 Å². The molecular weight excluding hydrogens is 272 g/mol. The summed E-state index contributed by atoms with van der Waals surface area (Å²) >= 11 is 0. The third kappa shape index (κ3) is 1.81. The van der Waals surface area contributed by atoms with Crippen LogP contribution in [0.25, 0.3) is 0 Å². The fourth-order valence-electron chi connectivity index (χ4n) is 4.08. The topological polar surface area (TPSA) is 57.2 Å². The van der Waals surface area contributed by atoms with Crippen LogP contribution in [0.2, 0.25) is 0 Å². The molecule has 1 N–H and O–H groups in total. The monoisotopic (exact) mass is 292 g/mol. The molecule has 3 aliphatic heterocycles. The Morgan fingerprint density at radius 3 is 2.90 bits per heavy atom. The average Bonchev–Trinajstić information content (AvgIpc) is 2.81. The Balaban J connectivity index is 1.69. The number of hydrogen-bond donors (Lipinski definition) is 1. The summed E-state index contributed by atoms with van der Waals surface area (Å²) in [5.41, 5.74) is 0.987. The standard InChI is InChI=1S/C16H20O5/c1-15-7-11-10(8-19-15)14(20-16(11,2)21-15)9-4-5-12(17)13(6-9)18-3/h4-6,10-11,14,17H,7-8H2,1-3H3/t10?,11?,14-,15-,16-/m1/s1. The summed E-state index contributed by atoms with van der Waals surface area (Å²) in [6.45, 7) is 4.61. The quantitative estimate of drug-likeness (QED) is 0.908. The second-order valence-corrected chi connectivity index (χ2v) is 6.51. The molecule has 0 aliphatic carbocycles. The third-order valence-corrected chi connectivity index (χ3v) is 5.06. The van der Waals surface area contributed by atoms with Gasteiger partial charge in [0.2, 0.25) is 0 Å². The Morgan fingerprint density at radius 2 is 2.14 bits per heavy atom. The maximum absolute atomic E-state index is 9.74. The van der Waals surface area contributed by atoms with Gasteiger partial charge in [-0.15, -0.1) is 0 Å². The van der Waals surface area contributed by atoms with Crippen LogP contribution in [0.15, 0.2) is 18.2 Å². The highest BCUT2D eigenvalue weighted by Gasteiger charge is 2.65. The van der Waals surface area contributed by atoms with E-state index in [0.717, 1.165) is 12.0 Å². The molecule has 2 bridgehead atoms. The van der Waals surface area contributed by atoms with Crippen molar-refractivity contribution in [2.45, 2.75) is 37.9 Å². The molecule has 114 valence electrons. The van der Waals surface area contributed by atoms with Crippen LogP contribution in [0.5, 0.6) is 11.5 Å². The van der Waals surface area contributed by atoms with Crippen molar-refractivity contribution in [3.05, 3.63) is 23.8 Å². The maximum Gasteiger partial charge on any atom is 0.173 e. The van der Waals surface area contributed by atoms with Gasteiger partial charge in [0, 0.05) is 18.3 Å². The molecule has 3 aliphatic rings. The Bertz CT molecular complexity index is 588. The molecule has 3 fully saturated rings. The van der Waals surface area contributed by atoms with Gasteiger partial charge in [-0.25, -0.2) is 0 Å². The van der Waals surface area contributed by atoms with Crippen LogP contribution in [0, 0.1) is 11.8 Å². The average molecular weight is 292 g/mol. The highest BCUT2D eigenvalue weighted by atomic mass is 16.8. The molecule has 3 saturated heterocycles. The molecule has 0 saturated carbocycles. The van der Waals surface area contributed by atoms with E-state index >= 15 is 0 Å². The zero-order valence-electron chi connectivity index (χ0n) is 12.5. The number of ether oxygens (including phenoxy) is 4. The molecule has 1 aromatic rings. The minimum atomic E-state index is -0.592. The van der Waals surface area contributed by atoms with Crippen molar-refractivity contribution in [1.82, 2.24) is 0 Å². The molecule has 5 nitrogen and oxygen atoms in total. The van der Waals surface area contributed by atoms with Gasteiger partial charge in [0.1, 0.15) is 0 Å². The number of benzene rings is 1. The van der Waals surface area contributed by atoms with E-state index in [1.807, 2.05) is 26.0 Å². The first-order valence-corrected chi connectivity index (χ1v) is 7.33. The summed E-state index contributed by atoms with van der Waals surface area (Å²) in [6.07, 6.45) is 0.763. The van der Waals surface area contributed by atoms with Gasteiger partial charge in [-0.1, -0.05) is 6.07 Å². The first-order chi connectivity index (χ1) is 9.94. The van der Waals surface area contributed by atoms with Gasteiger partial charge >= 0.3 is 0 Å². The van der Waals surface area contributed by atoms with Gasteiger partial charge < -0.3 is 24.1 Å². The molecule has 5 heteroatoms. The van der Waals surface area contributed by atoms with Crippen LogP contribution >= 0.6 is 0 Å².